The summed E-state index contributed by atoms with van der Waals surface area (Å²) in [6, 6.07) is 13.4. The zero-order valence-electron chi connectivity index (χ0n) is 20.3. The summed E-state index contributed by atoms with van der Waals surface area (Å²) in [5.74, 6) is -0.111. The molecule has 0 radical (unpaired) electrons. The fraction of sp³-hybridized carbons (Fsp3) is 0.458. The second-order valence-electron chi connectivity index (χ2n) is 8.60. The van der Waals surface area contributed by atoms with Crippen LogP contribution in [0.5, 0.6) is 0 Å². The van der Waals surface area contributed by atoms with Crippen LogP contribution in [0.25, 0.3) is 0 Å². The Morgan fingerprint density at radius 2 is 1.83 bits per heavy atom. The van der Waals surface area contributed by atoms with Gasteiger partial charge in [-0.05, 0) is 63.7 Å². The molecule has 2 aromatic rings. The molecule has 0 fully saturated rings. The molecule has 0 aliphatic carbocycles. The van der Waals surface area contributed by atoms with Crippen LogP contribution in [0.2, 0.25) is 0 Å². The average molecular weight is 539 g/mol. The topological polar surface area (TPSA) is 156 Å². The second kappa shape index (κ2) is 14.8. The summed E-state index contributed by atoms with van der Waals surface area (Å²) >= 11 is 1.64. The fourth-order valence-electron chi connectivity index (χ4n) is 3.59. The van der Waals surface area contributed by atoms with E-state index in [1.165, 1.54) is 12.1 Å². The van der Waals surface area contributed by atoms with E-state index in [-0.39, 0.29) is 28.7 Å². The van der Waals surface area contributed by atoms with E-state index < -0.39 is 20.9 Å². The van der Waals surface area contributed by atoms with Gasteiger partial charge in [0.25, 0.3) is 5.69 Å². The quantitative estimate of drug-likeness (QED) is 0.116. The standard InChI is InChI=1S/C24H34N4O6S2/c1-27(15-8-3-2-7-11-24(29)30)16-14-19(18-35-20-9-5-4-6-10-20)26-22-13-12-21(36(25,33)34)17-23(22)28(31)32/h4-6,9-10,12-13,17,19,26H,2-3,7-8,11,14-16,18H2,1H3,(H,29,30)(H2,25,33,34). The third-order valence-electron chi connectivity index (χ3n) is 5.59. The number of nitrogens with one attached hydrogen (secondary N) is 1. The van der Waals surface area contributed by atoms with Gasteiger partial charge in [0.1, 0.15) is 5.69 Å². The third-order valence-corrected chi connectivity index (χ3v) is 7.67. The minimum Gasteiger partial charge on any atom is -0.481 e. The molecule has 0 bridgehead atoms. The second-order valence-corrected chi connectivity index (χ2v) is 11.3. The van der Waals surface area contributed by atoms with Crippen LogP contribution < -0.4 is 10.5 Å². The van der Waals surface area contributed by atoms with Crippen molar-refractivity contribution in [1.29, 1.82) is 0 Å². The molecule has 0 aliphatic rings. The Kier molecular flexibility index (Phi) is 12.1. The van der Waals surface area contributed by atoms with Gasteiger partial charge in [-0.3, -0.25) is 14.9 Å². The van der Waals surface area contributed by atoms with Crippen LogP contribution in [0, 0.1) is 10.1 Å². The Morgan fingerprint density at radius 3 is 2.47 bits per heavy atom. The maximum absolute atomic E-state index is 11.7. The minimum absolute atomic E-state index is 0.118. The summed E-state index contributed by atoms with van der Waals surface area (Å²) in [7, 11) is -2.05. The SMILES string of the molecule is CN(CCCCCCC(=O)O)CCC(CSc1ccccc1)Nc1ccc(S(N)(=O)=O)cc1[N+](=O)[O-]. The number of primary sulfonamides is 1. The molecule has 10 nitrogen and oxygen atoms in total. The van der Waals surface area contributed by atoms with E-state index in [9.17, 15) is 23.3 Å². The molecule has 36 heavy (non-hydrogen) atoms. The highest BCUT2D eigenvalue weighted by Gasteiger charge is 2.21. The van der Waals surface area contributed by atoms with Gasteiger partial charge in [0.2, 0.25) is 10.0 Å². The van der Waals surface area contributed by atoms with Crippen molar-refractivity contribution in [3.63, 3.8) is 0 Å². The van der Waals surface area contributed by atoms with E-state index in [0.29, 0.717) is 18.6 Å². The normalized spacial score (nSPS) is 12.4. The number of hydrogen-bond acceptors (Lipinski definition) is 8. The Hall–Kier alpha value is -2.67. The highest BCUT2D eigenvalue weighted by atomic mass is 32.2. The van der Waals surface area contributed by atoms with Crippen molar-refractivity contribution in [2.24, 2.45) is 5.14 Å². The Balaban J connectivity index is 2.02. The number of hydrogen-bond donors (Lipinski definition) is 3. The maximum Gasteiger partial charge on any atom is 0.303 e. The van der Waals surface area contributed by atoms with Gasteiger partial charge >= 0.3 is 5.97 Å². The number of nitro benzene ring substituents is 1. The number of nitrogens with zero attached hydrogens (tertiary/aromatic N) is 2. The summed E-state index contributed by atoms with van der Waals surface area (Å²) in [5.41, 5.74) is -0.0990. The summed E-state index contributed by atoms with van der Waals surface area (Å²) in [5, 5.41) is 28.7. The number of sulfonamides is 1. The number of carboxylic acid groups (broad SMARTS) is 1. The molecule has 0 saturated carbocycles. The van der Waals surface area contributed by atoms with Crippen molar-refractivity contribution in [3.8, 4) is 0 Å². The zero-order valence-corrected chi connectivity index (χ0v) is 22.0. The van der Waals surface area contributed by atoms with E-state index in [1.807, 2.05) is 37.4 Å². The molecule has 2 rings (SSSR count). The molecule has 12 heteroatoms. The lowest BCUT2D eigenvalue weighted by Crippen LogP contribution is -2.30. The van der Waals surface area contributed by atoms with Gasteiger partial charge in [0, 0.05) is 29.2 Å². The number of benzene rings is 2. The number of thioether (sulfide) groups is 1. The minimum atomic E-state index is -4.06. The fourth-order valence-corrected chi connectivity index (χ4v) is 5.12. The lowest BCUT2D eigenvalue weighted by atomic mass is 10.1. The number of nitro groups is 1. The largest absolute Gasteiger partial charge is 0.481 e. The highest BCUT2D eigenvalue weighted by molar-refractivity contribution is 7.99. The van der Waals surface area contributed by atoms with Crippen LogP contribution in [0.3, 0.4) is 0 Å². The lowest BCUT2D eigenvalue weighted by molar-refractivity contribution is -0.384. The van der Waals surface area contributed by atoms with Gasteiger partial charge < -0.3 is 15.3 Å². The molecular weight excluding hydrogens is 504 g/mol. The van der Waals surface area contributed by atoms with Gasteiger partial charge in [0.05, 0.1) is 9.82 Å². The highest BCUT2D eigenvalue weighted by Crippen LogP contribution is 2.29. The van der Waals surface area contributed by atoms with Crippen LogP contribution in [0.1, 0.15) is 38.5 Å². The molecule has 0 heterocycles. The summed E-state index contributed by atoms with van der Waals surface area (Å²) in [6.07, 6.45) is 4.41. The molecule has 0 aromatic heterocycles. The van der Waals surface area contributed by atoms with Crippen molar-refractivity contribution in [1.82, 2.24) is 4.90 Å². The van der Waals surface area contributed by atoms with Crippen molar-refractivity contribution in [2.45, 2.75) is 54.4 Å². The van der Waals surface area contributed by atoms with Gasteiger partial charge in [-0.1, -0.05) is 31.0 Å². The number of nitrogens with two attached hydrogens (primary N) is 1. The molecule has 1 atom stereocenters. The molecule has 0 aliphatic heterocycles. The number of unbranched alkanes of at least 4 members (excludes halogenated alkanes) is 3. The number of carbonyl (C=O) groups is 1. The van der Waals surface area contributed by atoms with E-state index >= 15 is 0 Å². The Labute approximate surface area is 216 Å². The Bertz CT molecular complexity index is 1100. The van der Waals surface area contributed by atoms with Crippen molar-refractivity contribution in [2.75, 3.05) is 31.2 Å². The van der Waals surface area contributed by atoms with E-state index in [2.05, 4.69) is 10.2 Å². The molecule has 0 spiro atoms. The molecule has 0 saturated heterocycles. The smallest absolute Gasteiger partial charge is 0.303 e. The van der Waals surface area contributed by atoms with E-state index in [4.69, 9.17) is 10.2 Å². The average Bonchev–Trinajstić information content (AvgIpc) is 2.82. The first-order valence-corrected chi connectivity index (χ1v) is 14.3. The Morgan fingerprint density at radius 1 is 1.14 bits per heavy atom. The van der Waals surface area contributed by atoms with Crippen LogP contribution in [0.15, 0.2) is 58.3 Å². The van der Waals surface area contributed by atoms with E-state index in [1.54, 1.807) is 11.8 Å². The number of rotatable bonds is 17. The first kappa shape index (κ1) is 29.6. The molecule has 2 aromatic carbocycles. The summed E-state index contributed by atoms with van der Waals surface area (Å²) < 4.78 is 23.3. The molecule has 198 valence electrons. The van der Waals surface area contributed by atoms with Crippen LogP contribution in [-0.2, 0) is 14.8 Å². The number of aliphatic carboxylic acids is 1. The van der Waals surface area contributed by atoms with Crippen molar-refractivity contribution >= 4 is 39.1 Å². The molecule has 4 N–H and O–H groups in total. The summed E-state index contributed by atoms with van der Waals surface area (Å²) in [4.78, 5) is 24.6. The van der Waals surface area contributed by atoms with Crippen molar-refractivity contribution < 1.29 is 23.2 Å². The number of carboxylic acids is 1. The first-order valence-electron chi connectivity index (χ1n) is 11.7. The third kappa shape index (κ3) is 10.9. The van der Waals surface area contributed by atoms with Crippen LogP contribution >= 0.6 is 11.8 Å². The molecule has 0 amide bonds. The monoisotopic (exact) mass is 538 g/mol. The molecule has 1 unspecified atom stereocenters. The van der Waals surface area contributed by atoms with Crippen LogP contribution in [0.4, 0.5) is 11.4 Å². The number of anilines is 1. The van der Waals surface area contributed by atoms with Crippen LogP contribution in [-0.4, -0.2) is 61.2 Å². The predicted octanol–water partition coefficient (Wildman–Crippen LogP) is 4.17. The van der Waals surface area contributed by atoms with Gasteiger partial charge in [-0.15, -0.1) is 11.8 Å². The predicted molar refractivity (Wildman–Crippen MR) is 142 cm³/mol. The van der Waals surface area contributed by atoms with Gasteiger partial charge in [-0.2, -0.15) is 0 Å². The lowest BCUT2D eigenvalue weighted by Gasteiger charge is -2.23. The summed E-state index contributed by atoms with van der Waals surface area (Å²) in [6.45, 7) is 1.63. The van der Waals surface area contributed by atoms with Crippen molar-refractivity contribution in [3.05, 3.63) is 58.6 Å². The van der Waals surface area contributed by atoms with Gasteiger partial charge in [0.15, 0.2) is 0 Å². The van der Waals surface area contributed by atoms with E-state index in [0.717, 1.165) is 43.3 Å². The van der Waals surface area contributed by atoms with Gasteiger partial charge in [-0.25, -0.2) is 13.6 Å². The maximum atomic E-state index is 11.7. The first-order chi connectivity index (χ1) is 17.1. The molecular formula is C24H34N4O6S2. The zero-order chi connectivity index (χ0) is 26.6.